The standard InChI is InChI=1S/C20H16F3N5O3/c1-12-8-17(26-28(12)10-13-2-5-15(11-29)24-9-13)19-25-18(27-31-19)14-3-6-16(7-4-14)30-20(21,22)23/h2-9,29H,10-11H2,1H3. The van der Waals surface area contributed by atoms with E-state index < -0.39 is 6.36 Å². The topological polar surface area (TPSA) is 99.1 Å². The molecule has 3 heterocycles. The van der Waals surface area contributed by atoms with Gasteiger partial charge in [0, 0.05) is 17.5 Å². The molecule has 0 aliphatic heterocycles. The monoisotopic (exact) mass is 431 g/mol. The molecule has 0 amide bonds. The molecule has 4 rings (SSSR count). The minimum atomic E-state index is -4.76. The predicted octanol–water partition coefficient (Wildman–Crippen LogP) is 3.74. The van der Waals surface area contributed by atoms with Crippen molar-refractivity contribution in [3.8, 4) is 28.7 Å². The lowest BCUT2D eigenvalue weighted by atomic mass is 10.2. The smallest absolute Gasteiger partial charge is 0.406 e. The quantitative estimate of drug-likeness (QED) is 0.496. The maximum Gasteiger partial charge on any atom is 0.573 e. The number of aliphatic hydroxyl groups excluding tert-OH is 1. The van der Waals surface area contributed by atoms with Gasteiger partial charge in [-0.2, -0.15) is 10.1 Å². The number of benzene rings is 1. The van der Waals surface area contributed by atoms with Crippen molar-refractivity contribution in [3.63, 3.8) is 0 Å². The Bertz CT molecular complexity index is 1170. The summed E-state index contributed by atoms with van der Waals surface area (Å²) < 4.78 is 47.7. The Morgan fingerprint density at radius 1 is 1.13 bits per heavy atom. The van der Waals surface area contributed by atoms with Crippen molar-refractivity contribution in [2.24, 2.45) is 0 Å². The molecular weight excluding hydrogens is 415 g/mol. The van der Waals surface area contributed by atoms with E-state index in [2.05, 4.69) is 25.0 Å². The lowest BCUT2D eigenvalue weighted by molar-refractivity contribution is -0.274. The van der Waals surface area contributed by atoms with Crippen molar-refractivity contribution >= 4 is 0 Å². The fraction of sp³-hybridized carbons (Fsp3) is 0.200. The second-order valence-electron chi connectivity index (χ2n) is 6.64. The summed E-state index contributed by atoms with van der Waals surface area (Å²) in [5.74, 6) is 0.0571. The number of aryl methyl sites for hydroxylation is 1. The van der Waals surface area contributed by atoms with Crippen LogP contribution in [0.1, 0.15) is 17.0 Å². The second kappa shape index (κ2) is 8.19. The van der Waals surface area contributed by atoms with Crippen LogP contribution in [0.2, 0.25) is 0 Å². The lowest BCUT2D eigenvalue weighted by Crippen LogP contribution is -2.16. The average molecular weight is 431 g/mol. The van der Waals surface area contributed by atoms with E-state index in [-0.39, 0.29) is 24.1 Å². The van der Waals surface area contributed by atoms with E-state index in [1.54, 1.807) is 23.0 Å². The van der Waals surface area contributed by atoms with Crippen LogP contribution in [0.4, 0.5) is 13.2 Å². The number of hydrogen-bond donors (Lipinski definition) is 1. The van der Waals surface area contributed by atoms with E-state index in [9.17, 15) is 13.2 Å². The third-order valence-electron chi connectivity index (χ3n) is 4.35. The maximum atomic E-state index is 12.3. The first kappa shape index (κ1) is 20.5. The Kier molecular flexibility index (Phi) is 5.42. The molecular formula is C20H16F3N5O3. The van der Waals surface area contributed by atoms with Gasteiger partial charge in [0.2, 0.25) is 5.82 Å². The van der Waals surface area contributed by atoms with Crippen molar-refractivity contribution in [1.82, 2.24) is 24.9 Å². The van der Waals surface area contributed by atoms with Gasteiger partial charge in [-0.15, -0.1) is 13.2 Å². The molecule has 0 aliphatic carbocycles. The SMILES string of the molecule is Cc1cc(-c2nc(-c3ccc(OC(F)(F)F)cc3)no2)nn1Cc1ccc(CO)nc1. The van der Waals surface area contributed by atoms with Crippen LogP contribution in [-0.4, -0.2) is 36.4 Å². The van der Waals surface area contributed by atoms with E-state index in [1.165, 1.54) is 24.3 Å². The fourth-order valence-corrected chi connectivity index (χ4v) is 2.84. The van der Waals surface area contributed by atoms with Crippen LogP contribution >= 0.6 is 0 Å². The summed E-state index contributed by atoms with van der Waals surface area (Å²) >= 11 is 0. The molecule has 8 nitrogen and oxygen atoms in total. The van der Waals surface area contributed by atoms with Crippen LogP contribution in [0, 0.1) is 6.92 Å². The van der Waals surface area contributed by atoms with Gasteiger partial charge in [0.05, 0.1) is 18.8 Å². The van der Waals surface area contributed by atoms with Crippen molar-refractivity contribution < 1.29 is 27.5 Å². The zero-order valence-corrected chi connectivity index (χ0v) is 16.2. The van der Waals surface area contributed by atoms with Gasteiger partial charge >= 0.3 is 6.36 Å². The number of hydrogen-bond acceptors (Lipinski definition) is 7. The molecule has 11 heteroatoms. The molecule has 0 saturated carbocycles. The molecule has 0 bridgehead atoms. The molecule has 3 aromatic heterocycles. The zero-order chi connectivity index (χ0) is 22.0. The summed E-state index contributed by atoms with van der Waals surface area (Å²) in [7, 11) is 0. The Morgan fingerprint density at radius 3 is 2.55 bits per heavy atom. The number of nitrogens with zero attached hydrogens (tertiary/aromatic N) is 5. The van der Waals surface area contributed by atoms with Crippen LogP contribution in [0.25, 0.3) is 23.0 Å². The summed E-state index contributed by atoms with van der Waals surface area (Å²) in [4.78, 5) is 8.43. The average Bonchev–Trinajstić information content (AvgIpc) is 3.35. The molecule has 160 valence electrons. The molecule has 4 aromatic rings. The molecule has 0 aliphatic rings. The molecule has 0 atom stereocenters. The number of halogens is 3. The molecule has 1 N–H and O–H groups in total. The van der Waals surface area contributed by atoms with Crippen molar-refractivity contribution in [3.05, 3.63) is 65.6 Å². The van der Waals surface area contributed by atoms with E-state index in [1.807, 2.05) is 13.0 Å². The normalized spacial score (nSPS) is 11.6. The molecule has 0 radical (unpaired) electrons. The second-order valence-corrected chi connectivity index (χ2v) is 6.64. The highest BCUT2D eigenvalue weighted by Crippen LogP contribution is 2.27. The minimum Gasteiger partial charge on any atom is -0.406 e. The zero-order valence-electron chi connectivity index (χ0n) is 16.2. The molecule has 1 aromatic carbocycles. The highest BCUT2D eigenvalue weighted by atomic mass is 19.4. The number of rotatable bonds is 6. The Labute approximate surface area is 173 Å². The highest BCUT2D eigenvalue weighted by Gasteiger charge is 2.31. The van der Waals surface area contributed by atoms with Crippen LogP contribution in [-0.2, 0) is 13.2 Å². The van der Waals surface area contributed by atoms with Crippen molar-refractivity contribution in [1.29, 1.82) is 0 Å². The van der Waals surface area contributed by atoms with Gasteiger partial charge in [-0.25, -0.2) is 0 Å². The van der Waals surface area contributed by atoms with E-state index >= 15 is 0 Å². The van der Waals surface area contributed by atoms with Gasteiger partial charge in [-0.05, 0) is 48.9 Å². The van der Waals surface area contributed by atoms with Gasteiger partial charge in [-0.1, -0.05) is 11.2 Å². The van der Waals surface area contributed by atoms with Crippen LogP contribution < -0.4 is 4.74 Å². The third kappa shape index (κ3) is 4.89. The van der Waals surface area contributed by atoms with Crippen molar-refractivity contribution in [2.75, 3.05) is 0 Å². The summed E-state index contributed by atoms with van der Waals surface area (Å²) in [6, 6.07) is 10.5. The molecule has 0 unspecified atom stereocenters. The first-order valence-corrected chi connectivity index (χ1v) is 9.10. The first-order valence-electron chi connectivity index (χ1n) is 9.10. The maximum absolute atomic E-state index is 12.3. The number of ether oxygens (including phenoxy) is 1. The minimum absolute atomic E-state index is 0.122. The summed E-state index contributed by atoms with van der Waals surface area (Å²) in [6.45, 7) is 2.22. The van der Waals surface area contributed by atoms with Gasteiger partial charge < -0.3 is 14.4 Å². The van der Waals surface area contributed by atoms with Gasteiger partial charge in [0.15, 0.2) is 5.69 Å². The lowest BCUT2D eigenvalue weighted by Gasteiger charge is -2.08. The Balaban J connectivity index is 1.50. The van der Waals surface area contributed by atoms with Gasteiger partial charge in [0.25, 0.3) is 5.89 Å². The first-order chi connectivity index (χ1) is 14.8. The molecule has 0 fully saturated rings. The third-order valence-corrected chi connectivity index (χ3v) is 4.35. The van der Waals surface area contributed by atoms with E-state index in [0.29, 0.717) is 23.5 Å². The van der Waals surface area contributed by atoms with E-state index in [0.717, 1.165) is 11.3 Å². The molecule has 0 spiro atoms. The predicted molar refractivity (Wildman–Crippen MR) is 102 cm³/mol. The van der Waals surface area contributed by atoms with E-state index in [4.69, 9.17) is 9.63 Å². The molecule has 0 saturated heterocycles. The van der Waals surface area contributed by atoms with Gasteiger partial charge in [-0.3, -0.25) is 9.67 Å². The number of aliphatic hydroxyl groups is 1. The Morgan fingerprint density at radius 2 is 1.90 bits per heavy atom. The van der Waals surface area contributed by atoms with Gasteiger partial charge in [0.1, 0.15) is 5.75 Å². The summed E-state index contributed by atoms with van der Waals surface area (Å²) in [6.07, 6.45) is -3.09. The highest BCUT2D eigenvalue weighted by molar-refractivity contribution is 5.58. The largest absolute Gasteiger partial charge is 0.573 e. The molecule has 31 heavy (non-hydrogen) atoms. The number of pyridine rings is 1. The summed E-state index contributed by atoms with van der Waals surface area (Å²) in [5.41, 5.74) is 3.28. The van der Waals surface area contributed by atoms with Crippen LogP contribution in [0.15, 0.2) is 53.2 Å². The summed E-state index contributed by atoms with van der Waals surface area (Å²) in [5, 5.41) is 17.4. The van der Waals surface area contributed by atoms with Crippen molar-refractivity contribution in [2.45, 2.75) is 26.4 Å². The Hall–Kier alpha value is -3.73. The van der Waals surface area contributed by atoms with Crippen LogP contribution in [0.3, 0.4) is 0 Å². The fourth-order valence-electron chi connectivity index (χ4n) is 2.84. The van der Waals surface area contributed by atoms with Crippen LogP contribution in [0.5, 0.6) is 5.75 Å². The number of aromatic nitrogens is 5. The number of alkyl halides is 3.